The zero-order valence-electron chi connectivity index (χ0n) is 10.9. The second kappa shape index (κ2) is 6.01. The zero-order valence-corrected chi connectivity index (χ0v) is 12.5. The van der Waals surface area contributed by atoms with E-state index in [1.807, 2.05) is 13.0 Å². The number of nitro groups is 1. The summed E-state index contributed by atoms with van der Waals surface area (Å²) in [6.07, 6.45) is 0. The highest BCUT2D eigenvalue weighted by Crippen LogP contribution is 2.24. The largest absolute Gasteiger partial charge is 0.322 e. The van der Waals surface area contributed by atoms with Crippen molar-refractivity contribution in [2.75, 3.05) is 5.32 Å². The fraction of sp³-hybridized carbons (Fsp3) is 0.0714. The smallest absolute Gasteiger partial charge is 0.274 e. The van der Waals surface area contributed by atoms with E-state index in [2.05, 4.69) is 21.2 Å². The molecule has 0 radical (unpaired) electrons. The predicted octanol–water partition coefficient (Wildman–Crippen LogP) is 4.06. The van der Waals surface area contributed by atoms with Gasteiger partial charge in [0.2, 0.25) is 0 Å². The van der Waals surface area contributed by atoms with Crippen LogP contribution in [0, 0.1) is 22.9 Å². The first kappa shape index (κ1) is 15.1. The van der Waals surface area contributed by atoms with Gasteiger partial charge in [-0.2, -0.15) is 0 Å². The number of halogens is 2. The summed E-state index contributed by atoms with van der Waals surface area (Å²) < 4.78 is 13.9. The number of hydrogen-bond acceptors (Lipinski definition) is 3. The molecule has 0 saturated carbocycles. The molecule has 21 heavy (non-hydrogen) atoms. The fourth-order valence-electron chi connectivity index (χ4n) is 1.77. The number of carbonyl (C=O) groups is 1. The lowest BCUT2D eigenvalue weighted by molar-refractivity contribution is -0.385. The molecule has 0 aliphatic heterocycles. The molecule has 1 amide bonds. The maximum Gasteiger partial charge on any atom is 0.274 e. The van der Waals surface area contributed by atoms with Gasteiger partial charge >= 0.3 is 0 Å². The van der Waals surface area contributed by atoms with Crippen molar-refractivity contribution in [3.05, 3.63) is 67.9 Å². The van der Waals surface area contributed by atoms with Crippen molar-refractivity contribution in [3.63, 3.8) is 0 Å². The van der Waals surface area contributed by atoms with Gasteiger partial charge < -0.3 is 5.32 Å². The molecule has 0 aliphatic carbocycles. The summed E-state index contributed by atoms with van der Waals surface area (Å²) >= 11 is 3.30. The normalized spacial score (nSPS) is 10.2. The van der Waals surface area contributed by atoms with Crippen LogP contribution in [-0.4, -0.2) is 10.8 Å². The van der Waals surface area contributed by atoms with Crippen LogP contribution in [0.15, 0.2) is 40.9 Å². The molecule has 2 aromatic rings. The molecular formula is C14H10BrFN2O3. The Labute approximate surface area is 128 Å². The maximum atomic E-state index is 13.3. The van der Waals surface area contributed by atoms with Gasteiger partial charge in [0.15, 0.2) is 0 Å². The van der Waals surface area contributed by atoms with Gasteiger partial charge in [-0.3, -0.25) is 14.9 Å². The van der Waals surface area contributed by atoms with Crippen LogP contribution in [0.4, 0.5) is 15.8 Å². The average molecular weight is 353 g/mol. The first-order valence-corrected chi connectivity index (χ1v) is 6.69. The molecule has 0 fully saturated rings. The van der Waals surface area contributed by atoms with Crippen molar-refractivity contribution in [1.82, 2.24) is 0 Å². The van der Waals surface area contributed by atoms with Gasteiger partial charge in [0.1, 0.15) is 5.82 Å². The number of carbonyl (C=O) groups excluding carboxylic acids is 1. The van der Waals surface area contributed by atoms with Gasteiger partial charge in [-0.15, -0.1) is 0 Å². The minimum Gasteiger partial charge on any atom is -0.322 e. The molecular weight excluding hydrogens is 343 g/mol. The lowest BCUT2D eigenvalue weighted by atomic mass is 10.1. The Morgan fingerprint density at radius 2 is 2.05 bits per heavy atom. The number of nitro benzene ring substituents is 1. The van der Waals surface area contributed by atoms with E-state index in [-0.39, 0.29) is 5.69 Å². The Kier molecular flexibility index (Phi) is 4.32. The van der Waals surface area contributed by atoms with Gasteiger partial charge in [-0.25, -0.2) is 4.39 Å². The summed E-state index contributed by atoms with van der Waals surface area (Å²) in [5.41, 5.74) is 0.837. The number of amides is 1. The Hall–Kier alpha value is -2.28. The van der Waals surface area contributed by atoms with E-state index >= 15 is 0 Å². The highest BCUT2D eigenvalue weighted by molar-refractivity contribution is 9.10. The molecule has 0 unspecified atom stereocenters. The van der Waals surface area contributed by atoms with Gasteiger partial charge in [-0.1, -0.05) is 12.1 Å². The highest BCUT2D eigenvalue weighted by atomic mass is 79.9. The second-order valence-electron chi connectivity index (χ2n) is 4.35. The Bertz CT molecular complexity index is 734. The van der Waals surface area contributed by atoms with Crippen LogP contribution < -0.4 is 5.32 Å². The average Bonchev–Trinajstić information content (AvgIpc) is 2.41. The molecule has 2 rings (SSSR count). The Morgan fingerprint density at radius 1 is 1.33 bits per heavy atom. The van der Waals surface area contributed by atoms with Crippen molar-refractivity contribution in [2.24, 2.45) is 0 Å². The first-order chi connectivity index (χ1) is 9.88. The summed E-state index contributed by atoms with van der Waals surface area (Å²) in [5.74, 6) is -1.27. The third-order valence-corrected chi connectivity index (χ3v) is 3.84. The van der Waals surface area contributed by atoms with Crippen molar-refractivity contribution in [1.29, 1.82) is 0 Å². The Balaban J connectivity index is 2.31. The highest BCUT2D eigenvalue weighted by Gasteiger charge is 2.15. The molecule has 0 aliphatic rings. The second-order valence-corrected chi connectivity index (χ2v) is 5.14. The minimum atomic E-state index is -0.789. The van der Waals surface area contributed by atoms with Gasteiger partial charge in [-0.05, 0) is 40.5 Å². The number of nitrogens with one attached hydrogen (secondary N) is 1. The summed E-state index contributed by atoms with van der Waals surface area (Å²) in [6.45, 7) is 1.83. The SMILES string of the molecule is Cc1cccc(C(=O)Nc2cc(F)cc([N+](=O)[O-])c2)c1Br. The molecule has 0 spiro atoms. The van der Waals surface area contributed by atoms with Crippen molar-refractivity contribution in [3.8, 4) is 0 Å². The predicted molar refractivity (Wildman–Crippen MR) is 79.9 cm³/mol. The molecule has 7 heteroatoms. The molecule has 0 atom stereocenters. The van der Waals surface area contributed by atoms with Crippen LogP contribution in [0.3, 0.4) is 0 Å². The molecule has 0 aromatic heterocycles. The van der Waals surface area contributed by atoms with E-state index in [9.17, 15) is 19.3 Å². The van der Waals surface area contributed by atoms with Crippen LogP contribution in [0.2, 0.25) is 0 Å². The Morgan fingerprint density at radius 3 is 2.71 bits per heavy atom. The van der Waals surface area contributed by atoms with E-state index in [4.69, 9.17) is 0 Å². The third-order valence-electron chi connectivity index (χ3n) is 2.79. The summed E-state index contributed by atoms with van der Waals surface area (Å²) in [5, 5.41) is 13.1. The number of benzene rings is 2. The number of aryl methyl sites for hydroxylation is 1. The van der Waals surface area contributed by atoms with Crippen LogP contribution in [0.1, 0.15) is 15.9 Å². The minimum absolute atomic E-state index is 0.0279. The molecule has 5 nitrogen and oxygen atoms in total. The van der Waals surface area contributed by atoms with E-state index in [1.54, 1.807) is 12.1 Å². The molecule has 108 valence electrons. The summed E-state index contributed by atoms with van der Waals surface area (Å²) in [6, 6.07) is 8.05. The van der Waals surface area contributed by atoms with E-state index in [0.29, 0.717) is 10.0 Å². The third kappa shape index (κ3) is 3.43. The van der Waals surface area contributed by atoms with Crippen molar-refractivity contribution < 1.29 is 14.1 Å². The number of non-ortho nitro benzene ring substituents is 1. The van der Waals surface area contributed by atoms with Gasteiger partial charge in [0.25, 0.3) is 11.6 Å². The van der Waals surface area contributed by atoms with Gasteiger partial charge in [0, 0.05) is 10.5 Å². The van der Waals surface area contributed by atoms with Crippen LogP contribution >= 0.6 is 15.9 Å². The van der Waals surface area contributed by atoms with Crippen LogP contribution in [0.5, 0.6) is 0 Å². The summed E-state index contributed by atoms with van der Waals surface area (Å²) in [4.78, 5) is 22.1. The molecule has 0 heterocycles. The van der Waals surface area contributed by atoms with Crippen LogP contribution in [-0.2, 0) is 0 Å². The van der Waals surface area contributed by atoms with E-state index in [0.717, 1.165) is 23.8 Å². The van der Waals surface area contributed by atoms with Crippen molar-refractivity contribution in [2.45, 2.75) is 6.92 Å². The van der Waals surface area contributed by atoms with E-state index in [1.165, 1.54) is 0 Å². The monoisotopic (exact) mass is 352 g/mol. The molecule has 0 saturated heterocycles. The van der Waals surface area contributed by atoms with Crippen molar-refractivity contribution >= 4 is 33.2 Å². The number of anilines is 1. The fourth-order valence-corrected chi connectivity index (χ4v) is 2.22. The number of hydrogen-bond donors (Lipinski definition) is 1. The van der Waals surface area contributed by atoms with Gasteiger partial charge in [0.05, 0.1) is 22.2 Å². The lowest BCUT2D eigenvalue weighted by Gasteiger charge is -2.08. The first-order valence-electron chi connectivity index (χ1n) is 5.90. The molecule has 0 bridgehead atoms. The lowest BCUT2D eigenvalue weighted by Crippen LogP contribution is -2.13. The topological polar surface area (TPSA) is 72.2 Å². The molecule has 1 N–H and O–H groups in total. The van der Waals surface area contributed by atoms with E-state index < -0.39 is 22.3 Å². The summed E-state index contributed by atoms with van der Waals surface area (Å²) in [7, 11) is 0. The number of nitrogens with zero attached hydrogens (tertiary/aromatic N) is 1. The zero-order chi connectivity index (χ0) is 15.6. The molecule has 2 aromatic carbocycles. The quantitative estimate of drug-likeness (QED) is 0.668. The number of rotatable bonds is 3. The standard InChI is InChI=1S/C14H10BrFN2O3/c1-8-3-2-4-12(13(8)15)14(19)17-10-5-9(16)6-11(7-10)18(20)21/h2-7H,1H3,(H,17,19). The van der Waals surface area contributed by atoms with Crippen LogP contribution in [0.25, 0.3) is 0 Å². The maximum absolute atomic E-state index is 13.3.